The van der Waals surface area contributed by atoms with Crippen LogP contribution in [0.15, 0.2) is 72.9 Å². The molecule has 3 aromatic carbocycles. The second-order valence-corrected chi connectivity index (χ2v) is 9.00. The molecule has 0 aliphatic carbocycles. The topological polar surface area (TPSA) is 31.4 Å². The molecular formula is C26H24Cl2N4. The third-order valence-electron chi connectivity index (χ3n) is 6.01. The minimum atomic E-state index is 0.524. The molecule has 0 radical (unpaired) electrons. The number of benzene rings is 3. The van der Waals surface area contributed by atoms with E-state index in [1.165, 1.54) is 11.3 Å². The van der Waals surface area contributed by atoms with Crippen molar-refractivity contribution >= 4 is 51.2 Å². The van der Waals surface area contributed by atoms with E-state index >= 15 is 0 Å². The predicted molar refractivity (Wildman–Crippen MR) is 137 cm³/mol. The number of piperazine rings is 1. The van der Waals surface area contributed by atoms with Gasteiger partial charge in [0.05, 0.1) is 15.6 Å². The largest absolute Gasteiger partial charge is 0.369 e. The molecule has 0 saturated carbocycles. The first kappa shape index (κ1) is 21.1. The first-order chi connectivity index (χ1) is 15.6. The van der Waals surface area contributed by atoms with Gasteiger partial charge in [-0.1, -0.05) is 41.4 Å². The third-order valence-corrected chi connectivity index (χ3v) is 6.75. The van der Waals surface area contributed by atoms with Gasteiger partial charge in [-0.3, -0.25) is 4.98 Å². The van der Waals surface area contributed by atoms with Gasteiger partial charge >= 0.3 is 0 Å². The number of likely N-dealkylation sites (N-methyl/N-ethyl adjacent to an activating group) is 1. The first-order valence-electron chi connectivity index (χ1n) is 10.7. The molecule has 2 heterocycles. The summed E-state index contributed by atoms with van der Waals surface area (Å²) in [5.74, 6) is 0. The summed E-state index contributed by atoms with van der Waals surface area (Å²) < 4.78 is 0. The number of anilines is 3. The molecule has 162 valence electrons. The van der Waals surface area contributed by atoms with E-state index in [1.54, 1.807) is 6.07 Å². The average Bonchev–Trinajstić information content (AvgIpc) is 2.82. The minimum absolute atomic E-state index is 0.524. The lowest BCUT2D eigenvalue weighted by Crippen LogP contribution is -2.44. The Hall–Kier alpha value is -2.79. The van der Waals surface area contributed by atoms with E-state index < -0.39 is 0 Å². The lowest BCUT2D eigenvalue weighted by Gasteiger charge is -2.34. The number of nitrogens with zero attached hydrogens (tertiary/aromatic N) is 3. The molecule has 1 N–H and O–H groups in total. The molecule has 0 unspecified atom stereocenters. The monoisotopic (exact) mass is 462 g/mol. The third kappa shape index (κ3) is 4.40. The Morgan fingerprint density at radius 3 is 2.28 bits per heavy atom. The highest BCUT2D eigenvalue weighted by Gasteiger charge is 2.14. The molecule has 0 bridgehead atoms. The maximum atomic E-state index is 6.19. The van der Waals surface area contributed by atoms with Gasteiger partial charge in [-0.15, -0.1) is 0 Å². The van der Waals surface area contributed by atoms with Crippen LogP contribution in [0.25, 0.3) is 22.0 Å². The SMILES string of the molecule is CN1CCN(c2ccc(-c3ccc4nccc(Nc5ccc(Cl)c(Cl)c5)c4c3)cc2)CC1. The zero-order chi connectivity index (χ0) is 22.1. The molecule has 0 amide bonds. The summed E-state index contributed by atoms with van der Waals surface area (Å²) in [6.45, 7) is 4.35. The van der Waals surface area contributed by atoms with Gasteiger partial charge in [0.2, 0.25) is 0 Å². The Morgan fingerprint density at radius 2 is 1.53 bits per heavy atom. The van der Waals surface area contributed by atoms with Crippen molar-refractivity contribution in [2.24, 2.45) is 0 Å². The zero-order valence-corrected chi connectivity index (χ0v) is 19.4. The van der Waals surface area contributed by atoms with Crippen molar-refractivity contribution in [2.45, 2.75) is 0 Å². The molecular weight excluding hydrogens is 439 g/mol. The number of fused-ring (bicyclic) bond motifs is 1. The van der Waals surface area contributed by atoms with E-state index in [-0.39, 0.29) is 0 Å². The van der Waals surface area contributed by atoms with Gasteiger partial charge in [-0.2, -0.15) is 0 Å². The Balaban J connectivity index is 1.43. The predicted octanol–water partition coefficient (Wildman–Crippen LogP) is 6.70. The van der Waals surface area contributed by atoms with Gasteiger partial charge in [0.15, 0.2) is 0 Å². The number of hydrogen-bond donors (Lipinski definition) is 1. The van der Waals surface area contributed by atoms with Crippen molar-refractivity contribution in [2.75, 3.05) is 43.4 Å². The molecule has 4 aromatic rings. The van der Waals surface area contributed by atoms with Crippen LogP contribution in [0, 0.1) is 0 Å². The summed E-state index contributed by atoms with van der Waals surface area (Å²) in [4.78, 5) is 9.36. The second kappa shape index (κ2) is 8.99. The highest BCUT2D eigenvalue weighted by molar-refractivity contribution is 6.42. The lowest BCUT2D eigenvalue weighted by molar-refractivity contribution is 0.313. The van der Waals surface area contributed by atoms with Gasteiger partial charge in [0.1, 0.15) is 0 Å². The van der Waals surface area contributed by atoms with E-state index in [2.05, 4.69) is 69.6 Å². The van der Waals surface area contributed by atoms with E-state index in [4.69, 9.17) is 23.2 Å². The van der Waals surface area contributed by atoms with Gasteiger partial charge in [-0.25, -0.2) is 0 Å². The number of halogens is 2. The number of nitrogens with one attached hydrogen (secondary N) is 1. The van der Waals surface area contributed by atoms with Crippen molar-refractivity contribution in [1.82, 2.24) is 9.88 Å². The van der Waals surface area contributed by atoms with E-state index in [9.17, 15) is 0 Å². The number of hydrogen-bond acceptors (Lipinski definition) is 4. The molecule has 1 fully saturated rings. The van der Waals surface area contributed by atoms with Crippen molar-refractivity contribution in [3.63, 3.8) is 0 Å². The summed E-state index contributed by atoms with van der Waals surface area (Å²) in [7, 11) is 2.18. The smallest absolute Gasteiger partial charge is 0.0723 e. The fourth-order valence-electron chi connectivity index (χ4n) is 4.09. The summed E-state index contributed by atoms with van der Waals surface area (Å²) in [6, 6.07) is 22.8. The highest BCUT2D eigenvalue weighted by Crippen LogP contribution is 2.32. The maximum absolute atomic E-state index is 6.19. The second-order valence-electron chi connectivity index (χ2n) is 8.18. The average molecular weight is 463 g/mol. The molecule has 0 spiro atoms. The van der Waals surface area contributed by atoms with Gasteiger partial charge in [-0.05, 0) is 66.7 Å². The molecule has 1 aliphatic rings. The number of aromatic nitrogens is 1. The van der Waals surface area contributed by atoms with Crippen molar-refractivity contribution in [1.29, 1.82) is 0 Å². The molecule has 4 nitrogen and oxygen atoms in total. The van der Waals surface area contributed by atoms with E-state index in [1.807, 2.05) is 24.4 Å². The van der Waals surface area contributed by atoms with Crippen LogP contribution in [0.5, 0.6) is 0 Å². The van der Waals surface area contributed by atoms with Crippen LogP contribution in [-0.2, 0) is 0 Å². The summed E-state index contributed by atoms with van der Waals surface area (Å²) in [6.07, 6.45) is 1.81. The van der Waals surface area contributed by atoms with Gasteiger partial charge in [0.25, 0.3) is 0 Å². The first-order valence-corrected chi connectivity index (χ1v) is 11.5. The van der Waals surface area contributed by atoms with Crippen LogP contribution in [-0.4, -0.2) is 43.1 Å². The molecule has 1 saturated heterocycles. The highest BCUT2D eigenvalue weighted by atomic mass is 35.5. The molecule has 5 rings (SSSR count). The molecule has 6 heteroatoms. The van der Waals surface area contributed by atoms with Crippen LogP contribution < -0.4 is 10.2 Å². The fourth-order valence-corrected chi connectivity index (χ4v) is 4.39. The van der Waals surface area contributed by atoms with Crippen LogP contribution in [0.2, 0.25) is 10.0 Å². The van der Waals surface area contributed by atoms with Gasteiger partial charge in [0, 0.05) is 54.8 Å². The van der Waals surface area contributed by atoms with Crippen LogP contribution in [0.4, 0.5) is 17.1 Å². The summed E-state index contributed by atoms with van der Waals surface area (Å²) in [5.41, 5.74) is 6.43. The lowest BCUT2D eigenvalue weighted by atomic mass is 10.0. The van der Waals surface area contributed by atoms with Crippen molar-refractivity contribution < 1.29 is 0 Å². The Bertz CT molecular complexity index is 1250. The fraction of sp³-hybridized carbons (Fsp3) is 0.192. The normalized spacial score (nSPS) is 14.7. The number of pyridine rings is 1. The maximum Gasteiger partial charge on any atom is 0.0723 e. The Labute approximate surface area is 198 Å². The van der Waals surface area contributed by atoms with E-state index in [0.29, 0.717) is 10.0 Å². The van der Waals surface area contributed by atoms with Gasteiger partial charge < -0.3 is 15.1 Å². The minimum Gasteiger partial charge on any atom is -0.369 e. The zero-order valence-electron chi connectivity index (χ0n) is 17.9. The standard InChI is InChI=1S/C26H24Cl2N4/c1-31-12-14-32(15-13-31)21-6-2-18(3-7-21)19-4-9-25-22(16-19)26(10-11-29-25)30-20-5-8-23(27)24(28)17-20/h2-11,16-17H,12-15H2,1H3,(H,29,30). The Kier molecular flexibility index (Phi) is 5.92. The van der Waals surface area contributed by atoms with Crippen LogP contribution >= 0.6 is 23.2 Å². The molecule has 1 aromatic heterocycles. The van der Waals surface area contributed by atoms with Crippen LogP contribution in [0.3, 0.4) is 0 Å². The van der Waals surface area contributed by atoms with Crippen molar-refractivity contribution in [3.8, 4) is 11.1 Å². The summed E-state index contributed by atoms with van der Waals surface area (Å²) in [5, 5.41) is 5.58. The summed E-state index contributed by atoms with van der Waals surface area (Å²) >= 11 is 12.2. The van der Waals surface area contributed by atoms with Crippen LogP contribution in [0.1, 0.15) is 0 Å². The Morgan fingerprint density at radius 1 is 0.781 bits per heavy atom. The van der Waals surface area contributed by atoms with E-state index in [0.717, 1.165) is 54.0 Å². The quantitative estimate of drug-likeness (QED) is 0.365. The number of rotatable bonds is 4. The molecule has 0 atom stereocenters. The van der Waals surface area contributed by atoms with Crippen molar-refractivity contribution in [3.05, 3.63) is 83.0 Å². The molecule has 32 heavy (non-hydrogen) atoms. The molecule has 1 aliphatic heterocycles.